The van der Waals surface area contributed by atoms with Gasteiger partial charge in [0.1, 0.15) is 0 Å². The Morgan fingerprint density at radius 1 is 1.23 bits per heavy atom. The van der Waals surface area contributed by atoms with Crippen molar-refractivity contribution in [1.82, 2.24) is 4.90 Å². The van der Waals surface area contributed by atoms with Crippen molar-refractivity contribution in [3.05, 3.63) is 0 Å². The van der Waals surface area contributed by atoms with Crippen LogP contribution in [0.2, 0.25) is 0 Å². The fourth-order valence-corrected chi connectivity index (χ4v) is 1.28. The Balaban J connectivity index is 2.04. The number of unbranched alkanes of at least 4 members (excludes halogenated alkanes) is 2. The van der Waals surface area contributed by atoms with E-state index in [0.717, 1.165) is 39.3 Å². The van der Waals surface area contributed by atoms with E-state index in [0.29, 0.717) is 0 Å². The molecule has 2 heteroatoms. The third-order valence-electron chi connectivity index (χ3n) is 2.19. The topological polar surface area (TPSA) is 12.5 Å². The summed E-state index contributed by atoms with van der Waals surface area (Å²) in [7, 11) is 0. The summed E-state index contributed by atoms with van der Waals surface area (Å²) >= 11 is 0. The lowest BCUT2D eigenvalue weighted by atomic mass is 10.2. The number of hydrogen-bond acceptors (Lipinski definition) is 2. The minimum atomic E-state index is 0.872. The molecule has 74 valence electrons. The van der Waals surface area contributed by atoms with Crippen molar-refractivity contribution in [3.63, 3.8) is 0 Å². The van der Waals surface area contributed by atoms with Gasteiger partial charge in [0.2, 0.25) is 0 Å². The Kier molecular flexibility index (Phi) is 5.64. The highest BCUT2D eigenvalue weighted by atomic mass is 16.5. The first kappa shape index (κ1) is 10.6. The van der Waals surface area contributed by atoms with Crippen LogP contribution in [0.25, 0.3) is 0 Å². The molecule has 0 aromatic heterocycles. The molecule has 1 aliphatic rings. The average molecular weight is 181 g/mol. The zero-order valence-corrected chi connectivity index (χ0v) is 8.51. The van der Waals surface area contributed by atoms with Crippen molar-refractivity contribution in [2.75, 3.05) is 32.8 Å². The van der Waals surface area contributed by atoms with E-state index in [-0.39, 0.29) is 0 Å². The summed E-state index contributed by atoms with van der Waals surface area (Å²) < 4.78 is 5.25. The normalized spacial score (nSPS) is 17.9. The van der Waals surface area contributed by atoms with E-state index in [1.54, 1.807) is 0 Å². The van der Waals surface area contributed by atoms with E-state index < -0.39 is 0 Å². The molecule has 2 nitrogen and oxygen atoms in total. The minimum Gasteiger partial charge on any atom is -0.379 e. The summed E-state index contributed by atoms with van der Waals surface area (Å²) in [5, 5.41) is 0. The Hall–Kier alpha value is -0.520. The predicted octanol–water partition coefficient (Wildman–Crippen LogP) is 1.51. The van der Waals surface area contributed by atoms with E-state index in [4.69, 9.17) is 4.74 Å². The second-order valence-electron chi connectivity index (χ2n) is 3.35. The van der Waals surface area contributed by atoms with Crippen LogP contribution in [0.3, 0.4) is 0 Å². The second-order valence-corrected chi connectivity index (χ2v) is 3.35. The highest BCUT2D eigenvalue weighted by molar-refractivity contribution is 5.01. The van der Waals surface area contributed by atoms with Gasteiger partial charge < -0.3 is 4.74 Å². The van der Waals surface area contributed by atoms with Gasteiger partial charge in [0, 0.05) is 19.5 Å². The molecule has 0 N–H and O–H groups in total. The van der Waals surface area contributed by atoms with Crippen molar-refractivity contribution in [1.29, 1.82) is 0 Å². The maximum Gasteiger partial charge on any atom is 0.0603 e. The van der Waals surface area contributed by atoms with Crippen LogP contribution in [-0.4, -0.2) is 37.7 Å². The van der Waals surface area contributed by atoms with Crippen molar-refractivity contribution < 1.29 is 4.74 Å². The van der Waals surface area contributed by atoms with E-state index in [9.17, 15) is 0 Å². The van der Waals surface area contributed by atoms with Crippen molar-refractivity contribution >= 4 is 0 Å². The second kappa shape index (κ2) is 6.94. The average Bonchev–Trinajstić information content (AvgIpc) is 2.19. The third-order valence-corrected chi connectivity index (χ3v) is 2.19. The first-order chi connectivity index (χ1) is 6.43. The summed E-state index contributed by atoms with van der Waals surface area (Å²) in [6.45, 7) is 6.95. The minimum absolute atomic E-state index is 0.872. The fraction of sp³-hybridized carbons (Fsp3) is 0.818. The van der Waals surface area contributed by atoms with Crippen LogP contribution in [0.15, 0.2) is 0 Å². The van der Waals surface area contributed by atoms with Crippen LogP contribution in [0.1, 0.15) is 26.2 Å². The van der Waals surface area contributed by atoms with Crippen molar-refractivity contribution in [2.45, 2.75) is 26.2 Å². The van der Waals surface area contributed by atoms with Gasteiger partial charge in [-0.2, -0.15) is 0 Å². The lowest BCUT2D eigenvalue weighted by Gasteiger charge is -2.24. The van der Waals surface area contributed by atoms with Crippen molar-refractivity contribution in [3.8, 4) is 11.8 Å². The molecule has 0 aromatic carbocycles. The Labute approximate surface area is 81.3 Å². The van der Waals surface area contributed by atoms with Gasteiger partial charge in [-0.15, -0.1) is 5.92 Å². The molecular formula is C11H19NO. The van der Waals surface area contributed by atoms with E-state index >= 15 is 0 Å². The summed E-state index contributed by atoms with van der Waals surface area (Å²) in [4.78, 5) is 2.35. The molecule has 0 aliphatic carbocycles. The molecule has 0 bridgehead atoms. The summed E-state index contributed by atoms with van der Waals surface area (Å²) in [5.41, 5.74) is 0. The molecule has 1 fully saturated rings. The molecule has 0 unspecified atom stereocenters. The van der Waals surface area contributed by atoms with Gasteiger partial charge in [0.05, 0.1) is 19.8 Å². The van der Waals surface area contributed by atoms with Crippen LogP contribution < -0.4 is 0 Å². The number of hydrogen-bond donors (Lipinski definition) is 0. The number of ether oxygens (including phenoxy) is 1. The molecule has 1 heterocycles. The standard InChI is InChI=1S/C11H19NO/c1-2-3-4-5-6-7-12-8-10-13-11-9-12/h2-4,7-11H2,1H3. The SMILES string of the molecule is CCCCC#CCN1CCOCC1. The first-order valence-electron chi connectivity index (χ1n) is 5.19. The fourth-order valence-electron chi connectivity index (χ4n) is 1.28. The van der Waals surface area contributed by atoms with E-state index in [2.05, 4.69) is 23.7 Å². The summed E-state index contributed by atoms with van der Waals surface area (Å²) in [6.07, 6.45) is 3.53. The molecule has 0 radical (unpaired) electrons. The maximum absolute atomic E-state index is 5.25. The third kappa shape index (κ3) is 4.92. The van der Waals surface area contributed by atoms with Crippen LogP contribution in [0.4, 0.5) is 0 Å². The summed E-state index contributed by atoms with van der Waals surface area (Å²) in [5.74, 6) is 6.41. The zero-order chi connectivity index (χ0) is 9.36. The van der Waals surface area contributed by atoms with Crippen LogP contribution in [0, 0.1) is 11.8 Å². The zero-order valence-electron chi connectivity index (χ0n) is 8.51. The lowest BCUT2D eigenvalue weighted by Crippen LogP contribution is -2.36. The van der Waals surface area contributed by atoms with Crippen LogP contribution in [0.5, 0.6) is 0 Å². The highest BCUT2D eigenvalue weighted by Crippen LogP contribution is 1.95. The number of rotatable bonds is 3. The van der Waals surface area contributed by atoms with Gasteiger partial charge in [-0.3, -0.25) is 4.90 Å². The maximum atomic E-state index is 5.25. The number of morpholine rings is 1. The molecule has 0 saturated carbocycles. The monoisotopic (exact) mass is 181 g/mol. The molecule has 0 atom stereocenters. The Morgan fingerprint density at radius 3 is 2.69 bits per heavy atom. The van der Waals surface area contributed by atoms with E-state index in [1.807, 2.05) is 0 Å². The van der Waals surface area contributed by atoms with Gasteiger partial charge in [-0.1, -0.05) is 19.3 Å². The highest BCUT2D eigenvalue weighted by Gasteiger charge is 2.07. The molecular weight excluding hydrogens is 162 g/mol. The molecule has 0 aromatic rings. The van der Waals surface area contributed by atoms with Gasteiger partial charge in [0.25, 0.3) is 0 Å². The van der Waals surface area contributed by atoms with Crippen LogP contribution in [-0.2, 0) is 4.74 Å². The first-order valence-corrected chi connectivity index (χ1v) is 5.19. The molecule has 13 heavy (non-hydrogen) atoms. The molecule has 1 rings (SSSR count). The number of nitrogens with zero attached hydrogens (tertiary/aromatic N) is 1. The molecule has 1 aliphatic heterocycles. The van der Waals surface area contributed by atoms with Gasteiger partial charge in [0.15, 0.2) is 0 Å². The van der Waals surface area contributed by atoms with Crippen molar-refractivity contribution in [2.24, 2.45) is 0 Å². The molecule has 0 spiro atoms. The Morgan fingerprint density at radius 2 is 2.00 bits per heavy atom. The largest absolute Gasteiger partial charge is 0.379 e. The molecule has 0 amide bonds. The van der Waals surface area contributed by atoms with Gasteiger partial charge >= 0.3 is 0 Å². The quantitative estimate of drug-likeness (QED) is 0.483. The van der Waals surface area contributed by atoms with E-state index in [1.165, 1.54) is 12.8 Å². The predicted molar refractivity (Wildman–Crippen MR) is 54.6 cm³/mol. The lowest BCUT2D eigenvalue weighted by molar-refractivity contribution is 0.0443. The van der Waals surface area contributed by atoms with Gasteiger partial charge in [-0.25, -0.2) is 0 Å². The Bertz CT molecular complexity index is 174. The smallest absolute Gasteiger partial charge is 0.0603 e. The molecule has 1 saturated heterocycles. The van der Waals surface area contributed by atoms with Gasteiger partial charge in [-0.05, 0) is 6.42 Å². The summed E-state index contributed by atoms with van der Waals surface area (Å²) in [6, 6.07) is 0. The van der Waals surface area contributed by atoms with Crippen LogP contribution >= 0.6 is 0 Å².